The summed E-state index contributed by atoms with van der Waals surface area (Å²) in [5, 5.41) is 8.85. The number of aromatic nitrogens is 4. The maximum absolute atomic E-state index is 12.1. The van der Waals surface area contributed by atoms with Crippen molar-refractivity contribution in [2.24, 2.45) is 0 Å². The van der Waals surface area contributed by atoms with Gasteiger partial charge in [0.2, 0.25) is 5.95 Å². The molecule has 1 N–H and O–H groups in total. The molecule has 8 nitrogen and oxygen atoms in total. The van der Waals surface area contributed by atoms with Crippen LogP contribution in [0.15, 0.2) is 34.9 Å². The maximum atomic E-state index is 12.1. The van der Waals surface area contributed by atoms with Crippen LogP contribution in [0.2, 0.25) is 0 Å². The smallest absolute Gasteiger partial charge is 0.407 e. The fraction of sp³-hybridized carbons (Fsp3) is 0.429. The summed E-state index contributed by atoms with van der Waals surface area (Å²) < 4.78 is 8.39. The Morgan fingerprint density at radius 2 is 2.03 bits per heavy atom. The van der Waals surface area contributed by atoms with Crippen LogP contribution in [0.3, 0.4) is 0 Å². The van der Waals surface area contributed by atoms with E-state index in [4.69, 9.17) is 14.8 Å². The Balaban J connectivity index is 1.49. The van der Waals surface area contributed by atoms with E-state index < -0.39 is 5.60 Å². The average molecular weight is 631 g/mol. The number of hydrogen-bond acceptors (Lipinski definition) is 6. The lowest BCUT2D eigenvalue weighted by Crippen LogP contribution is -2.46. The van der Waals surface area contributed by atoms with E-state index in [9.17, 15) is 4.79 Å². The number of rotatable bonds is 4. The number of carbonyl (C=O) groups is 1. The second-order valence-corrected chi connectivity index (χ2v) is 11.6. The molecule has 11 heteroatoms. The number of hydrogen-bond donors (Lipinski definition) is 1. The van der Waals surface area contributed by atoms with Gasteiger partial charge in [0.05, 0.1) is 17.6 Å². The van der Waals surface area contributed by atoms with Gasteiger partial charge in [-0.3, -0.25) is 0 Å². The second-order valence-electron chi connectivity index (χ2n) is 8.66. The highest BCUT2D eigenvalue weighted by molar-refractivity contribution is 14.2. The number of alkyl carbamates (subject to hydrolysis) is 1. The SMILES string of the molecule is CC(C)(C)OC(=O)NC1CCN(c2nccc(-c3nn(PI)c4ccc(Br)cc34)n2)CC1. The maximum Gasteiger partial charge on any atom is 0.407 e. The number of anilines is 1. The molecule has 0 spiro atoms. The van der Waals surface area contributed by atoms with Crippen LogP contribution in [0.1, 0.15) is 33.6 Å². The molecular weight excluding hydrogens is 606 g/mol. The van der Waals surface area contributed by atoms with Crippen molar-refractivity contribution >= 4 is 67.3 Å². The number of ether oxygens (including phenoxy) is 1. The third-order valence-corrected chi connectivity index (χ3v) is 7.47. The minimum absolute atomic E-state index is 0.0888. The summed E-state index contributed by atoms with van der Waals surface area (Å²) in [6, 6.07) is 8.18. The zero-order chi connectivity index (χ0) is 22.9. The average Bonchev–Trinajstić information content (AvgIpc) is 3.11. The molecule has 1 aromatic carbocycles. The van der Waals surface area contributed by atoms with Crippen LogP contribution in [0, 0.1) is 0 Å². The number of benzene rings is 1. The molecule has 0 bridgehead atoms. The van der Waals surface area contributed by atoms with Crippen LogP contribution >= 0.6 is 44.3 Å². The van der Waals surface area contributed by atoms with Gasteiger partial charge < -0.3 is 15.0 Å². The van der Waals surface area contributed by atoms with E-state index in [1.807, 2.05) is 37.4 Å². The zero-order valence-electron chi connectivity index (χ0n) is 18.1. The molecule has 4 rings (SSSR count). The van der Waals surface area contributed by atoms with Crippen LogP contribution in [0.4, 0.5) is 10.7 Å². The molecular formula is C21H25BrIN6O2P. The van der Waals surface area contributed by atoms with E-state index in [1.165, 1.54) is 0 Å². The largest absolute Gasteiger partial charge is 0.444 e. The standard InChI is InChI=1S/C21H25BrIN6O2P/c1-21(2,3)31-20(30)25-14-7-10-28(11-8-14)19-24-9-6-16(26-19)18-15-12-13(22)4-5-17(15)29(27-18)32-23/h4-6,9,12,14,32H,7-8,10-11H2,1-3H3,(H,25,30). The first-order valence-corrected chi connectivity index (χ1v) is 15.2. The van der Waals surface area contributed by atoms with Gasteiger partial charge in [0.15, 0.2) is 0 Å². The van der Waals surface area contributed by atoms with E-state index in [-0.39, 0.29) is 12.1 Å². The number of piperidine rings is 1. The number of nitrogens with one attached hydrogen (secondary N) is 1. The third-order valence-electron chi connectivity index (χ3n) is 5.11. The van der Waals surface area contributed by atoms with Crippen LogP contribution < -0.4 is 10.2 Å². The van der Waals surface area contributed by atoms with E-state index in [0.717, 1.165) is 52.7 Å². The number of carbonyl (C=O) groups excluding carboxylic acids is 1. The highest BCUT2D eigenvalue weighted by atomic mass is 127. The molecule has 1 aliphatic rings. The third kappa shape index (κ3) is 5.51. The van der Waals surface area contributed by atoms with Crippen molar-refractivity contribution in [3.63, 3.8) is 0 Å². The molecule has 170 valence electrons. The molecule has 1 unspecified atom stereocenters. The van der Waals surface area contributed by atoms with Gasteiger partial charge in [0.1, 0.15) is 11.3 Å². The molecule has 1 atom stereocenters. The van der Waals surface area contributed by atoms with Crippen molar-refractivity contribution < 1.29 is 9.53 Å². The summed E-state index contributed by atoms with van der Waals surface area (Å²) in [6.45, 7) is 7.13. The zero-order valence-corrected chi connectivity index (χ0v) is 22.8. The lowest BCUT2D eigenvalue weighted by molar-refractivity contribution is 0.0497. The molecule has 3 aromatic rings. The quantitative estimate of drug-likeness (QED) is 0.301. The Kier molecular flexibility index (Phi) is 7.21. The molecule has 3 heterocycles. The van der Waals surface area contributed by atoms with Gasteiger partial charge >= 0.3 is 6.09 Å². The summed E-state index contributed by atoms with van der Waals surface area (Å²) in [6.07, 6.45) is 3.55. The summed E-state index contributed by atoms with van der Waals surface area (Å²) in [4.78, 5) is 23.6. The first-order valence-electron chi connectivity index (χ1n) is 10.4. The summed E-state index contributed by atoms with van der Waals surface area (Å²) in [5.41, 5.74) is 2.25. The Morgan fingerprint density at radius 1 is 1.28 bits per heavy atom. The summed E-state index contributed by atoms with van der Waals surface area (Å²) in [5.74, 6) is 0.688. The fourth-order valence-corrected chi connectivity index (χ4v) is 5.56. The molecule has 0 radical (unpaired) electrons. The second kappa shape index (κ2) is 9.77. The Labute approximate surface area is 210 Å². The highest BCUT2D eigenvalue weighted by Crippen LogP contribution is 2.35. The molecule has 1 saturated heterocycles. The van der Waals surface area contributed by atoms with Gasteiger partial charge in [-0.15, -0.1) is 0 Å². The van der Waals surface area contributed by atoms with Crippen molar-refractivity contribution in [3.8, 4) is 11.4 Å². The lowest BCUT2D eigenvalue weighted by Gasteiger charge is -2.32. The van der Waals surface area contributed by atoms with Gasteiger partial charge in [-0.2, -0.15) is 5.10 Å². The van der Waals surface area contributed by atoms with E-state index >= 15 is 0 Å². The first-order chi connectivity index (χ1) is 15.2. The minimum atomic E-state index is -0.496. The first kappa shape index (κ1) is 23.6. The highest BCUT2D eigenvalue weighted by Gasteiger charge is 2.25. The molecule has 0 aliphatic carbocycles. The number of amides is 1. The molecule has 32 heavy (non-hydrogen) atoms. The van der Waals surface area contributed by atoms with Gasteiger partial charge in [-0.05, 0) is 79.9 Å². The number of nitrogens with zero attached hydrogens (tertiary/aromatic N) is 5. The predicted octanol–water partition coefficient (Wildman–Crippen LogP) is 5.54. The Bertz CT molecular complexity index is 1130. The molecule has 0 saturated carbocycles. The summed E-state index contributed by atoms with van der Waals surface area (Å²) in [7, 11) is 0. The van der Waals surface area contributed by atoms with Crippen molar-refractivity contribution in [1.82, 2.24) is 24.8 Å². The van der Waals surface area contributed by atoms with E-state index in [0.29, 0.717) is 12.3 Å². The predicted molar refractivity (Wildman–Crippen MR) is 141 cm³/mol. The monoisotopic (exact) mass is 630 g/mol. The van der Waals surface area contributed by atoms with Gasteiger partial charge in [-0.1, -0.05) is 15.9 Å². The van der Waals surface area contributed by atoms with E-state index in [1.54, 1.807) is 6.20 Å². The topological polar surface area (TPSA) is 85.2 Å². The van der Waals surface area contributed by atoms with Gasteiger partial charge in [-0.25, -0.2) is 19.2 Å². The van der Waals surface area contributed by atoms with Crippen LogP contribution in [-0.4, -0.2) is 50.3 Å². The van der Waals surface area contributed by atoms with Gasteiger partial charge in [0, 0.05) is 35.2 Å². The molecule has 1 amide bonds. The summed E-state index contributed by atoms with van der Waals surface area (Å²) >= 11 is 5.91. The van der Waals surface area contributed by atoms with Crippen molar-refractivity contribution in [2.75, 3.05) is 18.0 Å². The van der Waals surface area contributed by atoms with Crippen LogP contribution in [0.25, 0.3) is 22.3 Å². The Hall–Kier alpha value is -1.52. The molecule has 2 aromatic heterocycles. The number of fused-ring (bicyclic) bond motifs is 1. The van der Waals surface area contributed by atoms with Gasteiger partial charge in [0.25, 0.3) is 0 Å². The van der Waals surface area contributed by atoms with Crippen LogP contribution in [-0.2, 0) is 4.74 Å². The van der Waals surface area contributed by atoms with Crippen molar-refractivity contribution in [1.29, 1.82) is 0 Å². The van der Waals surface area contributed by atoms with E-state index in [2.05, 4.69) is 65.3 Å². The minimum Gasteiger partial charge on any atom is -0.444 e. The molecule has 1 fully saturated rings. The molecule has 1 aliphatic heterocycles. The lowest BCUT2D eigenvalue weighted by atomic mass is 10.1. The fourth-order valence-electron chi connectivity index (χ4n) is 3.67. The number of halogens is 2. The Morgan fingerprint density at radius 3 is 2.72 bits per heavy atom. The van der Waals surface area contributed by atoms with Crippen molar-refractivity contribution in [2.45, 2.75) is 45.3 Å². The normalized spacial score (nSPS) is 15.6. The van der Waals surface area contributed by atoms with Crippen LogP contribution in [0.5, 0.6) is 0 Å². The van der Waals surface area contributed by atoms with Crippen molar-refractivity contribution in [3.05, 3.63) is 34.9 Å².